The maximum absolute atomic E-state index is 12.0. The van der Waals surface area contributed by atoms with Crippen molar-refractivity contribution < 1.29 is 19.1 Å². The fraction of sp³-hybridized carbons (Fsp3) is 0.0556. The minimum absolute atomic E-state index is 0.187. The molecule has 0 saturated carbocycles. The van der Waals surface area contributed by atoms with Gasteiger partial charge in [0.2, 0.25) is 5.90 Å². The number of hydrogen-bond acceptors (Lipinski definition) is 5. The third kappa shape index (κ3) is 4.33. The van der Waals surface area contributed by atoms with Crippen LogP contribution >= 0.6 is 15.9 Å². The lowest BCUT2D eigenvalue weighted by atomic mass is 10.2. The molecule has 7 heteroatoms. The Morgan fingerprint density at radius 2 is 2.00 bits per heavy atom. The first-order chi connectivity index (χ1) is 12.0. The fourth-order valence-corrected chi connectivity index (χ4v) is 2.53. The Hall–Kier alpha value is -2.93. The van der Waals surface area contributed by atoms with E-state index in [9.17, 15) is 9.59 Å². The lowest BCUT2D eigenvalue weighted by Gasteiger charge is -2.03. The molecular formula is C18H13BrN2O4. The number of cyclic esters (lactones) is 1. The van der Waals surface area contributed by atoms with Gasteiger partial charge in [-0.15, -0.1) is 0 Å². The molecule has 1 aliphatic heterocycles. The van der Waals surface area contributed by atoms with Crippen molar-refractivity contribution in [3.05, 3.63) is 69.8 Å². The highest BCUT2D eigenvalue weighted by Gasteiger charge is 2.24. The molecule has 2 N–H and O–H groups in total. The van der Waals surface area contributed by atoms with E-state index in [4.69, 9.17) is 15.2 Å². The molecule has 126 valence electrons. The van der Waals surface area contributed by atoms with Crippen molar-refractivity contribution >= 4 is 39.8 Å². The van der Waals surface area contributed by atoms with Crippen LogP contribution in [0.2, 0.25) is 0 Å². The number of benzene rings is 2. The maximum Gasteiger partial charge on any atom is 0.363 e. The van der Waals surface area contributed by atoms with Gasteiger partial charge in [0.1, 0.15) is 5.75 Å². The van der Waals surface area contributed by atoms with Gasteiger partial charge in [-0.1, -0.05) is 34.1 Å². The average Bonchev–Trinajstić information content (AvgIpc) is 2.95. The average molecular weight is 401 g/mol. The number of carbonyl (C=O) groups excluding carboxylic acids is 2. The second kappa shape index (κ2) is 7.31. The van der Waals surface area contributed by atoms with Gasteiger partial charge < -0.3 is 15.2 Å². The first-order valence-corrected chi connectivity index (χ1v) is 8.10. The van der Waals surface area contributed by atoms with E-state index in [0.29, 0.717) is 11.3 Å². The standard InChI is InChI=1S/C18H13BrN2O4/c19-13-3-1-2-12(9-13)17-21-15(18(23)25-17)8-11-4-6-14(7-5-11)24-10-16(20)22/h1-9H,10H2,(H2,20,22)/b15-8+. The van der Waals surface area contributed by atoms with E-state index in [2.05, 4.69) is 20.9 Å². The van der Waals surface area contributed by atoms with E-state index in [0.717, 1.165) is 10.0 Å². The minimum Gasteiger partial charge on any atom is -0.484 e. The molecule has 0 saturated heterocycles. The number of rotatable bonds is 5. The zero-order chi connectivity index (χ0) is 17.8. The van der Waals surface area contributed by atoms with Crippen LogP contribution in [0.3, 0.4) is 0 Å². The Morgan fingerprint density at radius 3 is 2.68 bits per heavy atom. The van der Waals surface area contributed by atoms with E-state index in [-0.39, 0.29) is 18.2 Å². The predicted molar refractivity (Wildman–Crippen MR) is 95.9 cm³/mol. The van der Waals surface area contributed by atoms with Crippen molar-refractivity contribution in [1.29, 1.82) is 0 Å². The van der Waals surface area contributed by atoms with Crippen molar-refractivity contribution in [2.75, 3.05) is 6.61 Å². The number of hydrogen-bond donors (Lipinski definition) is 1. The molecule has 0 aromatic heterocycles. The summed E-state index contributed by atoms with van der Waals surface area (Å²) in [7, 11) is 0. The fourth-order valence-electron chi connectivity index (χ4n) is 2.13. The van der Waals surface area contributed by atoms with Crippen molar-refractivity contribution in [2.24, 2.45) is 10.7 Å². The monoisotopic (exact) mass is 400 g/mol. The normalized spacial score (nSPS) is 15.0. The van der Waals surface area contributed by atoms with E-state index in [1.54, 1.807) is 30.3 Å². The van der Waals surface area contributed by atoms with Crippen molar-refractivity contribution in [2.45, 2.75) is 0 Å². The molecule has 3 rings (SSSR count). The molecule has 2 aromatic rings. The molecule has 0 unspecified atom stereocenters. The summed E-state index contributed by atoms with van der Waals surface area (Å²) in [5, 5.41) is 0. The van der Waals surface area contributed by atoms with Gasteiger partial charge in [-0.2, -0.15) is 0 Å². The van der Waals surface area contributed by atoms with Gasteiger partial charge in [-0.3, -0.25) is 4.79 Å². The Balaban J connectivity index is 1.78. The summed E-state index contributed by atoms with van der Waals surface area (Å²) in [6, 6.07) is 14.2. The smallest absolute Gasteiger partial charge is 0.363 e. The summed E-state index contributed by atoms with van der Waals surface area (Å²) >= 11 is 3.37. The van der Waals surface area contributed by atoms with Crippen LogP contribution in [-0.4, -0.2) is 24.4 Å². The van der Waals surface area contributed by atoms with Crippen LogP contribution in [0.5, 0.6) is 5.75 Å². The minimum atomic E-state index is -0.547. The third-order valence-corrected chi connectivity index (χ3v) is 3.75. The van der Waals surface area contributed by atoms with Gasteiger partial charge in [-0.05, 0) is 42.0 Å². The van der Waals surface area contributed by atoms with Crippen LogP contribution in [-0.2, 0) is 14.3 Å². The van der Waals surface area contributed by atoms with Crippen LogP contribution in [0.25, 0.3) is 6.08 Å². The van der Waals surface area contributed by atoms with Crippen molar-refractivity contribution in [1.82, 2.24) is 0 Å². The lowest BCUT2D eigenvalue weighted by Crippen LogP contribution is -2.19. The number of primary amides is 1. The van der Waals surface area contributed by atoms with Crippen LogP contribution in [0.4, 0.5) is 0 Å². The number of carbonyl (C=O) groups is 2. The highest BCUT2D eigenvalue weighted by molar-refractivity contribution is 9.10. The number of halogens is 1. The molecule has 0 spiro atoms. The van der Waals surface area contributed by atoms with Crippen LogP contribution < -0.4 is 10.5 Å². The Labute approximate surface area is 152 Å². The quantitative estimate of drug-likeness (QED) is 0.616. The van der Waals surface area contributed by atoms with Crippen LogP contribution in [0.15, 0.2) is 63.7 Å². The summed E-state index contributed by atoms with van der Waals surface area (Å²) in [5.74, 6) is -0.287. The largest absolute Gasteiger partial charge is 0.484 e. The van der Waals surface area contributed by atoms with Gasteiger partial charge in [0, 0.05) is 10.0 Å². The molecule has 0 bridgehead atoms. The summed E-state index contributed by atoms with van der Waals surface area (Å²) in [6.45, 7) is -0.187. The number of nitrogens with two attached hydrogens (primary N) is 1. The van der Waals surface area contributed by atoms with Crippen LogP contribution in [0, 0.1) is 0 Å². The predicted octanol–water partition coefficient (Wildman–Crippen LogP) is 2.66. The highest BCUT2D eigenvalue weighted by atomic mass is 79.9. The lowest BCUT2D eigenvalue weighted by molar-refractivity contribution is -0.130. The molecule has 0 atom stereocenters. The second-order valence-electron chi connectivity index (χ2n) is 5.17. The molecule has 1 heterocycles. The molecule has 2 aromatic carbocycles. The van der Waals surface area contributed by atoms with E-state index >= 15 is 0 Å². The Bertz CT molecular complexity index is 888. The number of ether oxygens (including phenoxy) is 2. The molecule has 25 heavy (non-hydrogen) atoms. The van der Waals surface area contributed by atoms with Crippen LogP contribution in [0.1, 0.15) is 11.1 Å². The van der Waals surface area contributed by atoms with E-state index < -0.39 is 11.9 Å². The molecular weight excluding hydrogens is 388 g/mol. The summed E-state index contributed by atoms with van der Waals surface area (Å²) in [4.78, 5) is 26.9. The Kier molecular flexibility index (Phi) is 4.95. The zero-order valence-corrected chi connectivity index (χ0v) is 14.5. The number of aliphatic imine (C=N–C) groups is 1. The zero-order valence-electron chi connectivity index (χ0n) is 12.9. The second-order valence-corrected chi connectivity index (χ2v) is 6.09. The number of nitrogens with zero attached hydrogens (tertiary/aromatic N) is 1. The van der Waals surface area contributed by atoms with Gasteiger partial charge >= 0.3 is 5.97 Å². The molecule has 1 aliphatic rings. The number of esters is 1. The van der Waals surface area contributed by atoms with Gasteiger partial charge in [0.15, 0.2) is 12.3 Å². The molecule has 1 amide bonds. The van der Waals surface area contributed by atoms with E-state index in [1.807, 2.05) is 24.3 Å². The molecule has 0 aliphatic carbocycles. The van der Waals surface area contributed by atoms with Gasteiger partial charge in [-0.25, -0.2) is 9.79 Å². The topological polar surface area (TPSA) is 91.0 Å². The summed E-state index contributed by atoms with van der Waals surface area (Å²) < 4.78 is 11.3. The summed E-state index contributed by atoms with van der Waals surface area (Å²) in [6.07, 6.45) is 1.62. The Morgan fingerprint density at radius 1 is 1.24 bits per heavy atom. The molecule has 0 fully saturated rings. The first kappa shape index (κ1) is 16.9. The van der Waals surface area contributed by atoms with E-state index in [1.165, 1.54) is 0 Å². The van der Waals surface area contributed by atoms with Crippen molar-refractivity contribution in [3.63, 3.8) is 0 Å². The SMILES string of the molecule is NC(=O)COc1ccc(/C=C2/N=C(c3cccc(Br)c3)OC2=O)cc1. The summed E-state index contributed by atoms with van der Waals surface area (Å²) in [5.41, 5.74) is 6.69. The first-order valence-electron chi connectivity index (χ1n) is 7.31. The van der Waals surface area contributed by atoms with Gasteiger partial charge in [0.25, 0.3) is 5.91 Å². The highest BCUT2D eigenvalue weighted by Crippen LogP contribution is 2.22. The van der Waals surface area contributed by atoms with Crippen molar-refractivity contribution in [3.8, 4) is 5.75 Å². The van der Waals surface area contributed by atoms with Gasteiger partial charge in [0.05, 0.1) is 0 Å². The molecule has 6 nitrogen and oxygen atoms in total. The third-order valence-electron chi connectivity index (χ3n) is 3.26. The molecule has 0 radical (unpaired) electrons. The maximum atomic E-state index is 12.0. The number of amides is 1.